The van der Waals surface area contributed by atoms with E-state index in [2.05, 4.69) is 30.6 Å². The lowest BCUT2D eigenvalue weighted by Crippen LogP contribution is -2.32. The van der Waals surface area contributed by atoms with E-state index in [0.29, 0.717) is 24.1 Å². The number of aromatic nitrogens is 4. The number of H-pyrrole nitrogens is 1. The molecule has 4 heterocycles. The van der Waals surface area contributed by atoms with Gasteiger partial charge in [0, 0.05) is 48.7 Å². The predicted octanol–water partition coefficient (Wildman–Crippen LogP) is 3.92. The number of benzene rings is 1. The van der Waals surface area contributed by atoms with Crippen LogP contribution in [-0.2, 0) is 4.74 Å². The number of fused-ring (bicyclic) bond motifs is 1. The quantitative estimate of drug-likeness (QED) is 0.430. The third-order valence-corrected chi connectivity index (χ3v) is 5.60. The van der Waals surface area contributed by atoms with E-state index >= 15 is 0 Å². The molecule has 1 aliphatic rings. The van der Waals surface area contributed by atoms with Gasteiger partial charge in [0.1, 0.15) is 5.69 Å². The minimum Gasteiger partial charge on any atom is -0.381 e. The van der Waals surface area contributed by atoms with Crippen molar-refractivity contribution in [3.63, 3.8) is 0 Å². The summed E-state index contributed by atoms with van der Waals surface area (Å²) in [7, 11) is 0. The van der Waals surface area contributed by atoms with Crippen LogP contribution >= 0.6 is 0 Å². The van der Waals surface area contributed by atoms with Crippen LogP contribution in [0.4, 0.5) is 11.6 Å². The fraction of sp³-hybridized carbons (Fsp3) is 0.250. The number of carbonyl (C=O) groups is 1. The zero-order valence-corrected chi connectivity index (χ0v) is 17.5. The number of carbonyl (C=O) groups excluding carboxylic acids is 1. The van der Waals surface area contributed by atoms with E-state index in [9.17, 15) is 4.79 Å². The van der Waals surface area contributed by atoms with Gasteiger partial charge in [0.2, 0.25) is 5.95 Å². The van der Waals surface area contributed by atoms with Gasteiger partial charge in [-0.25, -0.2) is 9.97 Å². The van der Waals surface area contributed by atoms with Crippen LogP contribution in [0.15, 0.2) is 60.9 Å². The molecular weight excluding hydrogens is 404 g/mol. The number of amides is 1. The average molecular weight is 428 g/mol. The fourth-order valence-electron chi connectivity index (χ4n) is 3.82. The maximum absolute atomic E-state index is 12.6. The highest BCUT2D eigenvalue weighted by molar-refractivity contribution is 5.98. The summed E-state index contributed by atoms with van der Waals surface area (Å²) in [6.07, 6.45) is 5.42. The fourth-order valence-corrected chi connectivity index (χ4v) is 3.82. The molecular formula is C24H24N6O2. The van der Waals surface area contributed by atoms with Gasteiger partial charge in [-0.2, -0.15) is 0 Å². The Morgan fingerprint density at radius 3 is 2.78 bits per heavy atom. The largest absolute Gasteiger partial charge is 0.381 e. The van der Waals surface area contributed by atoms with Crippen LogP contribution in [0.3, 0.4) is 0 Å². The highest BCUT2D eigenvalue weighted by Gasteiger charge is 2.16. The standard InChI is InChI=1S/C24H24N6O2/c31-23(27-15-16-7-11-32-12-8-16)22-14-17-13-18(4-5-19(17)29-22)28-24-26-10-6-21(30-24)20-3-1-2-9-25-20/h1-6,9-10,13-14,16,29H,7-8,11-12,15H2,(H,27,31)(H,26,28,30). The lowest BCUT2D eigenvalue weighted by Gasteiger charge is -2.21. The second-order valence-electron chi connectivity index (χ2n) is 7.86. The van der Waals surface area contributed by atoms with E-state index in [0.717, 1.165) is 54.0 Å². The van der Waals surface area contributed by atoms with Gasteiger partial charge >= 0.3 is 0 Å². The van der Waals surface area contributed by atoms with Crippen LogP contribution in [0.5, 0.6) is 0 Å². The smallest absolute Gasteiger partial charge is 0.267 e. The van der Waals surface area contributed by atoms with Crippen LogP contribution in [0, 0.1) is 5.92 Å². The summed E-state index contributed by atoms with van der Waals surface area (Å²) in [6.45, 7) is 2.22. The Labute approximate surface area is 185 Å². The lowest BCUT2D eigenvalue weighted by molar-refractivity contribution is 0.0642. The number of pyridine rings is 1. The average Bonchev–Trinajstić information content (AvgIpc) is 3.28. The zero-order valence-electron chi connectivity index (χ0n) is 17.5. The number of ether oxygens (including phenoxy) is 1. The minimum atomic E-state index is -0.0893. The Morgan fingerprint density at radius 2 is 1.94 bits per heavy atom. The van der Waals surface area contributed by atoms with Crippen molar-refractivity contribution in [3.8, 4) is 11.4 Å². The first-order chi connectivity index (χ1) is 15.7. The molecule has 0 bridgehead atoms. The molecule has 8 heteroatoms. The number of nitrogens with zero attached hydrogens (tertiary/aromatic N) is 3. The summed E-state index contributed by atoms with van der Waals surface area (Å²) in [5.41, 5.74) is 3.82. The number of aromatic amines is 1. The lowest BCUT2D eigenvalue weighted by atomic mass is 10.0. The molecule has 8 nitrogen and oxygen atoms in total. The number of hydrogen-bond acceptors (Lipinski definition) is 6. The SMILES string of the molecule is O=C(NCC1CCOCC1)c1cc2cc(Nc3nccc(-c4ccccn4)n3)ccc2[nH]1. The topological polar surface area (TPSA) is 105 Å². The first-order valence-corrected chi connectivity index (χ1v) is 10.7. The zero-order chi connectivity index (χ0) is 21.8. The second-order valence-corrected chi connectivity index (χ2v) is 7.86. The molecule has 3 aromatic heterocycles. The molecule has 0 unspecified atom stereocenters. The van der Waals surface area contributed by atoms with Gasteiger partial charge in [-0.3, -0.25) is 9.78 Å². The normalized spacial score (nSPS) is 14.4. The molecule has 0 saturated carbocycles. The molecule has 3 N–H and O–H groups in total. The van der Waals surface area contributed by atoms with E-state index in [-0.39, 0.29) is 5.91 Å². The van der Waals surface area contributed by atoms with Gasteiger partial charge in [0.25, 0.3) is 5.91 Å². The highest BCUT2D eigenvalue weighted by Crippen LogP contribution is 2.23. The van der Waals surface area contributed by atoms with Crippen LogP contribution < -0.4 is 10.6 Å². The van der Waals surface area contributed by atoms with Gasteiger partial charge < -0.3 is 20.4 Å². The summed E-state index contributed by atoms with van der Waals surface area (Å²) in [4.78, 5) is 29.0. The Balaban J connectivity index is 1.28. The summed E-state index contributed by atoms with van der Waals surface area (Å²) in [5, 5.41) is 7.21. The molecule has 0 spiro atoms. The van der Waals surface area contributed by atoms with Gasteiger partial charge in [-0.1, -0.05) is 6.07 Å². The van der Waals surface area contributed by atoms with Crippen molar-refractivity contribution in [2.75, 3.05) is 25.1 Å². The van der Waals surface area contributed by atoms with Crippen LogP contribution in [-0.4, -0.2) is 45.6 Å². The molecule has 0 radical (unpaired) electrons. The van der Waals surface area contributed by atoms with Gasteiger partial charge in [-0.05, 0) is 61.2 Å². The second kappa shape index (κ2) is 9.15. The minimum absolute atomic E-state index is 0.0893. The van der Waals surface area contributed by atoms with Crippen molar-refractivity contribution in [3.05, 3.63) is 66.6 Å². The first kappa shape index (κ1) is 20.1. The predicted molar refractivity (Wildman–Crippen MR) is 123 cm³/mol. The maximum atomic E-state index is 12.6. The molecule has 1 aliphatic heterocycles. The Hall–Kier alpha value is -3.78. The Morgan fingerprint density at radius 1 is 1.03 bits per heavy atom. The highest BCUT2D eigenvalue weighted by atomic mass is 16.5. The van der Waals surface area contributed by atoms with E-state index in [4.69, 9.17) is 4.74 Å². The molecule has 162 valence electrons. The third-order valence-electron chi connectivity index (χ3n) is 5.60. The molecule has 1 amide bonds. The maximum Gasteiger partial charge on any atom is 0.267 e. The van der Waals surface area contributed by atoms with Gasteiger partial charge in [0.05, 0.1) is 11.4 Å². The summed E-state index contributed by atoms with van der Waals surface area (Å²) in [6, 6.07) is 15.2. The molecule has 32 heavy (non-hydrogen) atoms. The third kappa shape index (κ3) is 4.60. The van der Waals surface area contributed by atoms with Crippen molar-refractivity contribution < 1.29 is 9.53 Å². The van der Waals surface area contributed by atoms with E-state index < -0.39 is 0 Å². The van der Waals surface area contributed by atoms with Crippen molar-refractivity contribution in [2.45, 2.75) is 12.8 Å². The van der Waals surface area contributed by atoms with E-state index in [1.165, 1.54) is 0 Å². The van der Waals surface area contributed by atoms with Gasteiger partial charge in [-0.15, -0.1) is 0 Å². The van der Waals surface area contributed by atoms with Crippen molar-refractivity contribution >= 4 is 28.4 Å². The molecule has 1 saturated heterocycles. The summed E-state index contributed by atoms with van der Waals surface area (Å²) < 4.78 is 5.38. The van der Waals surface area contributed by atoms with Crippen LogP contribution in [0.1, 0.15) is 23.3 Å². The van der Waals surface area contributed by atoms with Crippen LogP contribution in [0.25, 0.3) is 22.3 Å². The molecule has 5 rings (SSSR count). The Kier molecular flexibility index (Phi) is 5.76. The number of anilines is 2. The molecule has 4 aromatic rings. The number of hydrogen-bond donors (Lipinski definition) is 3. The van der Waals surface area contributed by atoms with Crippen molar-refractivity contribution in [1.29, 1.82) is 0 Å². The van der Waals surface area contributed by atoms with Crippen molar-refractivity contribution in [2.24, 2.45) is 5.92 Å². The molecule has 1 aromatic carbocycles. The summed E-state index contributed by atoms with van der Waals surface area (Å²) >= 11 is 0. The van der Waals surface area contributed by atoms with Gasteiger partial charge in [0.15, 0.2) is 0 Å². The molecule has 1 fully saturated rings. The Bertz CT molecular complexity index is 1220. The first-order valence-electron chi connectivity index (χ1n) is 10.7. The van der Waals surface area contributed by atoms with E-state index in [1.807, 2.05) is 48.5 Å². The number of nitrogens with one attached hydrogen (secondary N) is 3. The van der Waals surface area contributed by atoms with Crippen molar-refractivity contribution in [1.82, 2.24) is 25.3 Å². The van der Waals surface area contributed by atoms with Crippen LogP contribution in [0.2, 0.25) is 0 Å². The van der Waals surface area contributed by atoms with E-state index in [1.54, 1.807) is 12.4 Å². The monoisotopic (exact) mass is 428 g/mol. The molecule has 0 atom stereocenters. The summed E-state index contributed by atoms with van der Waals surface area (Å²) in [5.74, 6) is 0.876. The number of rotatable bonds is 6. The molecule has 0 aliphatic carbocycles.